The van der Waals surface area contributed by atoms with Gasteiger partial charge in [0.15, 0.2) is 0 Å². The zero-order valence-electron chi connectivity index (χ0n) is 17.1. The second-order valence-corrected chi connectivity index (χ2v) is 9.02. The number of hydrogen-bond donors (Lipinski definition) is 1. The first kappa shape index (κ1) is 20.1. The first-order chi connectivity index (χ1) is 12.6. The van der Waals surface area contributed by atoms with E-state index in [1.165, 1.54) is 64.7 Å². The molecule has 3 heterocycles. The van der Waals surface area contributed by atoms with Crippen LogP contribution in [-0.2, 0) is 4.79 Å². The van der Waals surface area contributed by atoms with E-state index >= 15 is 0 Å². The Morgan fingerprint density at radius 3 is 2.38 bits per heavy atom. The number of likely N-dealkylation sites (tertiary alicyclic amines) is 2. The van der Waals surface area contributed by atoms with Crippen molar-refractivity contribution in [2.24, 2.45) is 11.8 Å². The number of rotatable bonds is 7. The van der Waals surface area contributed by atoms with Gasteiger partial charge in [-0.1, -0.05) is 0 Å². The maximum atomic E-state index is 12.4. The highest BCUT2D eigenvalue weighted by molar-refractivity contribution is 5.75. The lowest BCUT2D eigenvalue weighted by atomic mass is 9.91. The van der Waals surface area contributed by atoms with Crippen LogP contribution in [0.2, 0.25) is 0 Å². The fourth-order valence-corrected chi connectivity index (χ4v) is 4.95. The SMILES string of the molecule is CN1CCC(N2CCC(CCN(C)C(=O)CCC3CCNC3)CC2)CC1. The van der Waals surface area contributed by atoms with E-state index in [1.807, 2.05) is 11.9 Å². The third-order valence-corrected chi connectivity index (χ3v) is 7.08. The molecule has 3 saturated heterocycles. The molecule has 5 nitrogen and oxygen atoms in total. The lowest BCUT2D eigenvalue weighted by molar-refractivity contribution is -0.130. The summed E-state index contributed by atoms with van der Waals surface area (Å²) in [5.74, 6) is 1.88. The van der Waals surface area contributed by atoms with Gasteiger partial charge in [0, 0.05) is 26.1 Å². The third kappa shape index (κ3) is 5.93. The van der Waals surface area contributed by atoms with Gasteiger partial charge in [-0.2, -0.15) is 0 Å². The summed E-state index contributed by atoms with van der Waals surface area (Å²) in [5, 5.41) is 3.39. The second-order valence-electron chi connectivity index (χ2n) is 9.02. The van der Waals surface area contributed by atoms with Crippen LogP contribution in [0.3, 0.4) is 0 Å². The van der Waals surface area contributed by atoms with Crippen molar-refractivity contribution in [1.29, 1.82) is 0 Å². The molecule has 1 atom stereocenters. The predicted molar refractivity (Wildman–Crippen MR) is 107 cm³/mol. The molecule has 1 unspecified atom stereocenters. The number of nitrogens with zero attached hydrogens (tertiary/aromatic N) is 3. The van der Waals surface area contributed by atoms with Gasteiger partial charge < -0.3 is 20.0 Å². The van der Waals surface area contributed by atoms with Crippen molar-refractivity contribution in [2.45, 2.75) is 57.4 Å². The van der Waals surface area contributed by atoms with Crippen LogP contribution in [0.5, 0.6) is 0 Å². The molecule has 0 aromatic rings. The summed E-state index contributed by atoms with van der Waals surface area (Å²) in [6.45, 7) is 8.23. The molecule has 150 valence electrons. The predicted octanol–water partition coefficient (Wildman–Crippen LogP) is 2.03. The number of amides is 1. The minimum absolute atomic E-state index is 0.348. The van der Waals surface area contributed by atoms with Crippen LogP contribution in [0.1, 0.15) is 51.4 Å². The van der Waals surface area contributed by atoms with Crippen molar-refractivity contribution >= 4 is 5.91 Å². The van der Waals surface area contributed by atoms with Crippen molar-refractivity contribution in [3.8, 4) is 0 Å². The van der Waals surface area contributed by atoms with Crippen LogP contribution in [0.25, 0.3) is 0 Å². The zero-order chi connectivity index (χ0) is 18.4. The Bertz CT molecular complexity index is 422. The Hall–Kier alpha value is -0.650. The Morgan fingerprint density at radius 2 is 1.73 bits per heavy atom. The van der Waals surface area contributed by atoms with E-state index in [0.717, 1.165) is 50.4 Å². The van der Waals surface area contributed by atoms with Crippen LogP contribution in [-0.4, -0.2) is 86.6 Å². The maximum Gasteiger partial charge on any atom is 0.222 e. The summed E-state index contributed by atoms with van der Waals surface area (Å²) in [4.78, 5) is 19.5. The number of nitrogens with one attached hydrogen (secondary N) is 1. The molecule has 0 bridgehead atoms. The lowest BCUT2D eigenvalue weighted by Gasteiger charge is -2.41. The van der Waals surface area contributed by atoms with E-state index in [2.05, 4.69) is 22.2 Å². The van der Waals surface area contributed by atoms with Gasteiger partial charge in [0.25, 0.3) is 0 Å². The lowest BCUT2D eigenvalue weighted by Crippen LogP contribution is -2.47. The Morgan fingerprint density at radius 1 is 1.00 bits per heavy atom. The average molecular weight is 365 g/mol. The molecule has 26 heavy (non-hydrogen) atoms. The topological polar surface area (TPSA) is 38.8 Å². The summed E-state index contributed by atoms with van der Waals surface area (Å²) in [6, 6.07) is 0.821. The minimum Gasteiger partial charge on any atom is -0.346 e. The van der Waals surface area contributed by atoms with Crippen molar-refractivity contribution < 1.29 is 4.79 Å². The summed E-state index contributed by atoms with van der Waals surface area (Å²) in [7, 11) is 4.24. The molecule has 0 aliphatic carbocycles. The van der Waals surface area contributed by atoms with Gasteiger partial charge in [0.05, 0.1) is 0 Å². The molecule has 3 aliphatic heterocycles. The number of carbonyl (C=O) groups is 1. The first-order valence-corrected chi connectivity index (χ1v) is 11.0. The molecule has 3 fully saturated rings. The van der Waals surface area contributed by atoms with Gasteiger partial charge in [-0.15, -0.1) is 0 Å². The highest BCUT2D eigenvalue weighted by Crippen LogP contribution is 2.25. The third-order valence-electron chi connectivity index (χ3n) is 7.08. The van der Waals surface area contributed by atoms with Gasteiger partial charge in [-0.25, -0.2) is 0 Å². The number of piperidine rings is 2. The highest BCUT2D eigenvalue weighted by Gasteiger charge is 2.27. The van der Waals surface area contributed by atoms with E-state index < -0.39 is 0 Å². The van der Waals surface area contributed by atoms with Crippen LogP contribution in [0.15, 0.2) is 0 Å². The smallest absolute Gasteiger partial charge is 0.222 e. The van der Waals surface area contributed by atoms with Crippen LogP contribution < -0.4 is 5.32 Å². The quantitative estimate of drug-likeness (QED) is 0.750. The van der Waals surface area contributed by atoms with Crippen LogP contribution >= 0.6 is 0 Å². The monoisotopic (exact) mass is 364 g/mol. The van der Waals surface area contributed by atoms with Crippen molar-refractivity contribution in [3.63, 3.8) is 0 Å². The van der Waals surface area contributed by atoms with Crippen LogP contribution in [0, 0.1) is 11.8 Å². The fourth-order valence-electron chi connectivity index (χ4n) is 4.95. The second kappa shape index (κ2) is 10.0. The molecule has 1 N–H and O–H groups in total. The molecule has 0 saturated carbocycles. The molecule has 1 amide bonds. The van der Waals surface area contributed by atoms with Gasteiger partial charge in [0.1, 0.15) is 0 Å². The average Bonchev–Trinajstić information content (AvgIpc) is 3.19. The molecule has 5 heteroatoms. The molecule has 0 aromatic heterocycles. The van der Waals surface area contributed by atoms with Gasteiger partial charge in [-0.3, -0.25) is 4.79 Å². The van der Waals surface area contributed by atoms with E-state index in [4.69, 9.17) is 0 Å². The van der Waals surface area contributed by atoms with Gasteiger partial charge in [0.2, 0.25) is 5.91 Å². The molecular weight excluding hydrogens is 324 g/mol. The number of carbonyl (C=O) groups excluding carboxylic acids is 1. The van der Waals surface area contributed by atoms with Crippen molar-refractivity contribution in [1.82, 2.24) is 20.0 Å². The molecular formula is C21H40N4O. The Balaban J connectivity index is 1.28. The van der Waals surface area contributed by atoms with Crippen LogP contribution in [0.4, 0.5) is 0 Å². The van der Waals surface area contributed by atoms with E-state index in [0.29, 0.717) is 5.91 Å². The summed E-state index contributed by atoms with van der Waals surface area (Å²) in [6.07, 6.45) is 9.55. The Kier molecular flexibility index (Phi) is 7.77. The van der Waals surface area contributed by atoms with Crippen molar-refractivity contribution in [3.05, 3.63) is 0 Å². The summed E-state index contributed by atoms with van der Waals surface area (Å²) < 4.78 is 0. The summed E-state index contributed by atoms with van der Waals surface area (Å²) >= 11 is 0. The van der Waals surface area contributed by atoms with E-state index in [-0.39, 0.29) is 0 Å². The maximum absolute atomic E-state index is 12.4. The molecule has 0 spiro atoms. The van der Waals surface area contributed by atoms with Gasteiger partial charge >= 0.3 is 0 Å². The molecule has 3 aliphatic rings. The standard InChI is InChI=1S/C21H40N4O/c1-23-12-9-20(10-13-23)25-15-7-18(8-16-25)6-14-24(2)21(26)4-3-19-5-11-22-17-19/h18-20,22H,3-17H2,1-2H3. The van der Waals surface area contributed by atoms with Crippen molar-refractivity contribution in [2.75, 3.05) is 59.9 Å². The fraction of sp³-hybridized carbons (Fsp3) is 0.952. The van der Waals surface area contributed by atoms with E-state index in [9.17, 15) is 4.79 Å². The summed E-state index contributed by atoms with van der Waals surface area (Å²) in [5.41, 5.74) is 0. The minimum atomic E-state index is 0.348. The molecule has 3 rings (SSSR count). The molecule has 0 aromatic carbocycles. The number of hydrogen-bond acceptors (Lipinski definition) is 4. The Labute approximate surface area is 160 Å². The largest absolute Gasteiger partial charge is 0.346 e. The highest BCUT2D eigenvalue weighted by atomic mass is 16.2. The molecule has 0 radical (unpaired) electrons. The normalized spacial score (nSPS) is 27.1. The zero-order valence-corrected chi connectivity index (χ0v) is 17.1. The van der Waals surface area contributed by atoms with E-state index in [1.54, 1.807) is 0 Å². The first-order valence-electron chi connectivity index (χ1n) is 11.0. The van der Waals surface area contributed by atoms with Gasteiger partial charge in [-0.05, 0) is 103 Å².